The van der Waals surface area contributed by atoms with Gasteiger partial charge in [-0.05, 0) is 42.2 Å². The number of nitro benzene ring substituents is 1. The van der Waals surface area contributed by atoms with E-state index in [1.54, 1.807) is 0 Å². The van der Waals surface area contributed by atoms with Gasteiger partial charge in [-0.15, -0.1) is 0 Å². The van der Waals surface area contributed by atoms with Crippen LogP contribution in [0.3, 0.4) is 0 Å². The summed E-state index contributed by atoms with van der Waals surface area (Å²) in [4.78, 5) is 10.6. The van der Waals surface area contributed by atoms with E-state index in [2.05, 4.69) is 5.32 Å². The Kier molecular flexibility index (Phi) is 4.14. The molecular weight excluding hydrogens is 381 g/mol. The molecule has 0 spiro atoms. The summed E-state index contributed by atoms with van der Waals surface area (Å²) in [7, 11) is 0. The molecule has 0 bridgehead atoms. The second kappa shape index (κ2) is 6.27. The van der Waals surface area contributed by atoms with Gasteiger partial charge in [0.25, 0.3) is 5.69 Å². The van der Waals surface area contributed by atoms with E-state index in [1.165, 1.54) is 30.3 Å². The predicted octanol–water partition coefficient (Wildman–Crippen LogP) is 6.09. The van der Waals surface area contributed by atoms with Crippen LogP contribution in [0, 0.1) is 16.0 Å². The lowest BCUT2D eigenvalue weighted by Crippen LogP contribution is -2.29. The molecule has 0 saturated heterocycles. The van der Waals surface area contributed by atoms with Crippen LogP contribution in [-0.4, -0.2) is 4.92 Å². The molecule has 0 fully saturated rings. The molecule has 3 atom stereocenters. The summed E-state index contributed by atoms with van der Waals surface area (Å²) < 4.78 is 39.3. The zero-order chi connectivity index (χ0) is 19.3. The van der Waals surface area contributed by atoms with Crippen molar-refractivity contribution in [1.82, 2.24) is 0 Å². The Morgan fingerprint density at radius 2 is 1.93 bits per heavy atom. The highest BCUT2D eigenvalue weighted by Gasteiger charge is 2.40. The number of nitro groups is 1. The minimum Gasteiger partial charge on any atom is -0.378 e. The van der Waals surface area contributed by atoms with Crippen molar-refractivity contribution >= 4 is 23.0 Å². The zero-order valence-electron chi connectivity index (χ0n) is 13.8. The van der Waals surface area contributed by atoms with E-state index in [9.17, 15) is 23.3 Å². The molecule has 2 aromatic rings. The van der Waals surface area contributed by atoms with Crippen molar-refractivity contribution in [3.8, 4) is 0 Å². The van der Waals surface area contributed by atoms with Crippen molar-refractivity contribution in [2.75, 3.05) is 5.32 Å². The fourth-order valence-electron chi connectivity index (χ4n) is 3.96. The standard InChI is InChI=1S/C19H14ClF3N2O2/c20-16-6-5-11(25(26)27)9-15(16)18-13-3-1-2-12(13)14-8-10(19(21,22)23)4-7-17(14)24-18/h1-2,4-9,12-13,18,24H,3H2/t12-,13+,18+/m0/s1. The second-order valence-corrected chi connectivity index (χ2v) is 7.15. The Morgan fingerprint density at radius 3 is 2.63 bits per heavy atom. The van der Waals surface area contributed by atoms with Gasteiger partial charge in [0.1, 0.15) is 0 Å². The number of rotatable bonds is 2. The van der Waals surface area contributed by atoms with E-state index >= 15 is 0 Å². The van der Waals surface area contributed by atoms with E-state index in [0.29, 0.717) is 28.3 Å². The third kappa shape index (κ3) is 3.06. The molecule has 1 aliphatic carbocycles. The molecule has 2 aliphatic rings. The maximum absolute atomic E-state index is 13.1. The van der Waals surface area contributed by atoms with Gasteiger partial charge in [-0.25, -0.2) is 0 Å². The van der Waals surface area contributed by atoms with Crippen molar-refractivity contribution in [3.05, 3.63) is 80.4 Å². The summed E-state index contributed by atoms with van der Waals surface area (Å²) in [5.74, 6) is -0.274. The van der Waals surface area contributed by atoms with Gasteiger partial charge in [0.2, 0.25) is 0 Å². The topological polar surface area (TPSA) is 55.2 Å². The number of halogens is 4. The summed E-state index contributed by atoms with van der Waals surface area (Å²) in [6.45, 7) is 0. The number of non-ortho nitro benzene ring substituents is 1. The molecule has 27 heavy (non-hydrogen) atoms. The van der Waals surface area contributed by atoms with Crippen LogP contribution in [0.25, 0.3) is 0 Å². The molecule has 4 nitrogen and oxygen atoms in total. The van der Waals surface area contributed by atoms with Crippen LogP contribution in [0.4, 0.5) is 24.5 Å². The lowest BCUT2D eigenvalue weighted by molar-refractivity contribution is -0.384. The normalized spacial score (nSPS) is 23.5. The Bertz CT molecular complexity index is 958. The Labute approximate surface area is 157 Å². The predicted molar refractivity (Wildman–Crippen MR) is 95.9 cm³/mol. The van der Waals surface area contributed by atoms with E-state index < -0.39 is 16.7 Å². The van der Waals surface area contributed by atoms with Crippen LogP contribution in [0.5, 0.6) is 0 Å². The van der Waals surface area contributed by atoms with Crippen molar-refractivity contribution in [3.63, 3.8) is 0 Å². The van der Waals surface area contributed by atoms with Crippen LogP contribution in [0.1, 0.15) is 35.1 Å². The Balaban J connectivity index is 1.79. The number of nitrogens with zero attached hydrogens (tertiary/aromatic N) is 1. The van der Waals surface area contributed by atoms with Gasteiger partial charge in [0.15, 0.2) is 0 Å². The molecule has 2 aromatic carbocycles. The number of fused-ring (bicyclic) bond motifs is 3. The van der Waals surface area contributed by atoms with Gasteiger partial charge in [-0.3, -0.25) is 10.1 Å². The quantitative estimate of drug-likeness (QED) is 0.380. The van der Waals surface area contributed by atoms with Gasteiger partial charge in [0, 0.05) is 34.3 Å². The highest BCUT2D eigenvalue weighted by Crippen LogP contribution is 2.51. The molecule has 8 heteroatoms. The monoisotopic (exact) mass is 394 g/mol. The summed E-state index contributed by atoms with van der Waals surface area (Å²) in [5, 5.41) is 14.8. The number of anilines is 1. The molecule has 1 aliphatic heterocycles. The van der Waals surface area contributed by atoms with Crippen LogP contribution in [0.2, 0.25) is 5.02 Å². The van der Waals surface area contributed by atoms with E-state index in [0.717, 1.165) is 6.07 Å². The van der Waals surface area contributed by atoms with Crippen molar-refractivity contribution in [2.45, 2.75) is 24.6 Å². The van der Waals surface area contributed by atoms with Crippen molar-refractivity contribution < 1.29 is 18.1 Å². The number of nitrogens with one attached hydrogen (secondary N) is 1. The minimum absolute atomic E-state index is 0.0690. The second-order valence-electron chi connectivity index (χ2n) is 6.74. The summed E-state index contributed by atoms with van der Waals surface area (Å²) in [6.07, 6.45) is 0.0808. The van der Waals surface area contributed by atoms with Gasteiger partial charge < -0.3 is 5.32 Å². The van der Waals surface area contributed by atoms with E-state index in [-0.39, 0.29) is 23.6 Å². The summed E-state index contributed by atoms with van der Waals surface area (Å²) in [5.41, 5.74) is 0.991. The largest absolute Gasteiger partial charge is 0.416 e. The lowest BCUT2D eigenvalue weighted by Gasteiger charge is -2.38. The average molecular weight is 395 g/mol. The van der Waals surface area contributed by atoms with Crippen molar-refractivity contribution in [1.29, 1.82) is 0 Å². The highest BCUT2D eigenvalue weighted by molar-refractivity contribution is 6.31. The van der Waals surface area contributed by atoms with Crippen molar-refractivity contribution in [2.24, 2.45) is 5.92 Å². The van der Waals surface area contributed by atoms with E-state index in [4.69, 9.17) is 11.6 Å². The number of alkyl halides is 3. The Hall–Kier alpha value is -2.54. The van der Waals surface area contributed by atoms with Crippen LogP contribution < -0.4 is 5.32 Å². The molecule has 0 saturated carbocycles. The first-order chi connectivity index (χ1) is 12.8. The molecule has 0 amide bonds. The first kappa shape index (κ1) is 17.9. The minimum atomic E-state index is -4.41. The molecule has 0 aromatic heterocycles. The van der Waals surface area contributed by atoms with Gasteiger partial charge in [0.05, 0.1) is 16.5 Å². The zero-order valence-corrected chi connectivity index (χ0v) is 14.6. The number of benzene rings is 2. The fourth-order valence-corrected chi connectivity index (χ4v) is 4.20. The Morgan fingerprint density at radius 1 is 1.15 bits per heavy atom. The van der Waals surface area contributed by atoms with Gasteiger partial charge in [-0.1, -0.05) is 23.8 Å². The summed E-state index contributed by atoms with van der Waals surface area (Å²) >= 11 is 6.31. The SMILES string of the molecule is O=[N+]([O-])c1ccc(Cl)c([C@@H]2Nc3ccc(C(F)(F)F)cc3[C@H]3C=CC[C@H]32)c1. The maximum atomic E-state index is 13.1. The van der Waals surface area contributed by atoms with Crippen LogP contribution in [-0.2, 0) is 6.18 Å². The molecule has 1 N–H and O–H groups in total. The molecule has 4 rings (SSSR count). The maximum Gasteiger partial charge on any atom is 0.416 e. The third-order valence-corrected chi connectivity index (χ3v) is 5.56. The first-order valence-electron chi connectivity index (χ1n) is 8.34. The molecule has 140 valence electrons. The molecular formula is C19H14ClF3N2O2. The van der Waals surface area contributed by atoms with Gasteiger partial charge >= 0.3 is 6.18 Å². The van der Waals surface area contributed by atoms with Crippen LogP contribution >= 0.6 is 11.6 Å². The lowest BCUT2D eigenvalue weighted by atomic mass is 9.76. The first-order valence-corrected chi connectivity index (χ1v) is 8.71. The highest BCUT2D eigenvalue weighted by atomic mass is 35.5. The molecule has 1 heterocycles. The number of allylic oxidation sites excluding steroid dienone is 2. The summed E-state index contributed by atoms with van der Waals surface area (Å²) in [6, 6.07) is 7.56. The molecule has 0 unspecified atom stereocenters. The van der Waals surface area contributed by atoms with Gasteiger partial charge in [-0.2, -0.15) is 13.2 Å². The van der Waals surface area contributed by atoms with Crippen LogP contribution in [0.15, 0.2) is 48.6 Å². The number of hydrogen-bond donors (Lipinski definition) is 1. The fraction of sp³-hybridized carbons (Fsp3) is 0.263. The average Bonchev–Trinajstić information content (AvgIpc) is 3.10. The van der Waals surface area contributed by atoms with E-state index in [1.807, 2.05) is 12.2 Å². The number of hydrogen-bond acceptors (Lipinski definition) is 3. The smallest absolute Gasteiger partial charge is 0.378 e. The third-order valence-electron chi connectivity index (χ3n) is 5.22. The molecule has 0 radical (unpaired) electrons.